The summed E-state index contributed by atoms with van der Waals surface area (Å²) in [7, 11) is 0. The molecule has 0 heterocycles. The molecule has 0 bridgehead atoms. The molecule has 8 nitrogen and oxygen atoms in total. The van der Waals surface area contributed by atoms with Gasteiger partial charge < -0.3 is 20.4 Å². The number of hydrogen-bond acceptors (Lipinski definition) is 4. The van der Waals surface area contributed by atoms with Gasteiger partial charge in [0.2, 0.25) is 0 Å². The number of hydrogen-bond donors (Lipinski definition) is 4. The van der Waals surface area contributed by atoms with Gasteiger partial charge in [-0.05, 0) is 36.5 Å². The monoisotopic (exact) mass is 368 g/mol. The number of carboxylic acid groups (broad SMARTS) is 4. The van der Waals surface area contributed by atoms with Crippen molar-refractivity contribution in [1.82, 2.24) is 0 Å². The van der Waals surface area contributed by atoms with Crippen LogP contribution in [0.15, 0.2) is 0 Å². The molecule has 0 saturated heterocycles. The van der Waals surface area contributed by atoms with Crippen molar-refractivity contribution in [1.29, 1.82) is 0 Å². The Morgan fingerprint density at radius 3 is 1.12 bits per heavy atom. The number of rotatable bonds is 4. The van der Waals surface area contributed by atoms with Gasteiger partial charge in [0.1, 0.15) is 0 Å². The van der Waals surface area contributed by atoms with Crippen molar-refractivity contribution in [2.45, 2.75) is 38.5 Å². The maximum atomic E-state index is 11.9. The number of carbonyl (C=O) groups is 4. The third kappa shape index (κ3) is 2.95. The molecule has 0 aliphatic heterocycles. The summed E-state index contributed by atoms with van der Waals surface area (Å²) in [5.74, 6) is -12.6. The van der Waals surface area contributed by atoms with E-state index in [9.17, 15) is 39.6 Å². The van der Waals surface area contributed by atoms with E-state index in [1.807, 2.05) is 0 Å². The fourth-order valence-electron chi connectivity index (χ4n) is 6.05. The second-order valence-electron chi connectivity index (χ2n) is 8.06. The van der Waals surface area contributed by atoms with Crippen molar-refractivity contribution < 1.29 is 39.6 Å². The van der Waals surface area contributed by atoms with Crippen LogP contribution in [0, 0.1) is 47.3 Å². The third-order valence-electron chi connectivity index (χ3n) is 6.99. The predicted molar refractivity (Wildman–Crippen MR) is 86.2 cm³/mol. The summed E-state index contributed by atoms with van der Waals surface area (Å²) in [5.41, 5.74) is 0. The standard InChI is InChI=1S/C18H24O8/c19-15(20)11-9-5-7-3-1-2-4-8(7)6-10(9)12(16(21)22)14(18(25)26)13(11)17(23)24/h7-14H,1-6H2,(H,19,20)(H,21,22)(H,23,24)(H,25,26). The molecule has 0 aromatic heterocycles. The van der Waals surface area contributed by atoms with E-state index in [4.69, 9.17) is 0 Å². The number of fused-ring (bicyclic) bond motifs is 2. The molecule has 0 amide bonds. The van der Waals surface area contributed by atoms with Crippen molar-refractivity contribution in [3.05, 3.63) is 0 Å². The normalized spacial score (nSPS) is 42.2. The largest absolute Gasteiger partial charge is 0.481 e. The van der Waals surface area contributed by atoms with Crippen LogP contribution in [0.3, 0.4) is 0 Å². The van der Waals surface area contributed by atoms with E-state index in [1.165, 1.54) is 0 Å². The first-order valence-corrected chi connectivity index (χ1v) is 9.15. The molecule has 3 saturated carbocycles. The lowest BCUT2D eigenvalue weighted by Gasteiger charge is -2.53. The summed E-state index contributed by atoms with van der Waals surface area (Å²) in [4.78, 5) is 47.4. The second-order valence-corrected chi connectivity index (χ2v) is 8.06. The van der Waals surface area contributed by atoms with Crippen LogP contribution in [-0.2, 0) is 19.2 Å². The molecule has 0 radical (unpaired) electrons. The van der Waals surface area contributed by atoms with Crippen LogP contribution in [0.25, 0.3) is 0 Å². The van der Waals surface area contributed by atoms with Crippen LogP contribution in [0.4, 0.5) is 0 Å². The molecule has 8 unspecified atom stereocenters. The van der Waals surface area contributed by atoms with Gasteiger partial charge in [0.05, 0.1) is 23.7 Å². The molecule has 4 N–H and O–H groups in total. The van der Waals surface area contributed by atoms with Crippen molar-refractivity contribution in [2.75, 3.05) is 0 Å². The van der Waals surface area contributed by atoms with Gasteiger partial charge in [0.15, 0.2) is 0 Å². The van der Waals surface area contributed by atoms with Gasteiger partial charge >= 0.3 is 23.9 Å². The van der Waals surface area contributed by atoms with E-state index in [-0.39, 0.29) is 11.8 Å². The summed E-state index contributed by atoms with van der Waals surface area (Å²) < 4.78 is 0. The lowest BCUT2D eigenvalue weighted by Crippen LogP contribution is -2.58. The maximum absolute atomic E-state index is 11.9. The highest BCUT2D eigenvalue weighted by atomic mass is 16.4. The molecule has 3 aliphatic carbocycles. The molecular formula is C18H24O8. The zero-order chi connectivity index (χ0) is 19.2. The SMILES string of the molecule is O=C(O)C1C2CC3CCCCC3CC2C(C(=O)O)C(C(=O)O)C1C(=O)O. The molecule has 8 heteroatoms. The first-order valence-electron chi connectivity index (χ1n) is 9.15. The van der Waals surface area contributed by atoms with Crippen LogP contribution >= 0.6 is 0 Å². The van der Waals surface area contributed by atoms with E-state index in [2.05, 4.69) is 0 Å². The Balaban J connectivity index is 2.07. The fraction of sp³-hybridized carbons (Fsp3) is 0.778. The Morgan fingerprint density at radius 1 is 0.538 bits per heavy atom. The maximum Gasteiger partial charge on any atom is 0.308 e. The lowest BCUT2D eigenvalue weighted by molar-refractivity contribution is -0.187. The summed E-state index contributed by atoms with van der Waals surface area (Å²) >= 11 is 0. The van der Waals surface area contributed by atoms with Crippen molar-refractivity contribution in [3.63, 3.8) is 0 Å². The highest BCUT2D eigenvalue weighted by molar-refractivity contribution is 5.89. The van der Waals surface area contributed by atoms with E-state index in [0.29, 0.717) is 12.8 Å². The Labute approximate surface area is 150 Å². The summed E-state index contributed by atoms with van der Waals surface area (Å²) in [6.07, 6.45) is 4.92. The summed E-state index contributed by atoms with van der Waals surface area (Å²) in [5, 5.41) is 38.6. The first kappa shape index (κ1) is 18.7. The van der Waals surface area contributed by atoms with Crippen molar-refractivity contribution in [3.8, 4) is 0 Å². The molecule has 0 aromatic rings. The molecule has 0 spiro atoms. The van der Waals surface area contributed by atoms with Gasteiger partial charge in [-0.1, -0.05) is 25.7 Å². The van der Waals surface area contributed by atoms with Gasteiger partial charge in [-0.25, -0.2) is 0 Å². The van der Waals surface area contributed by atoms with Gasteiger partial charge in [-0.2, -0.15) is 0 Å². The van der Waals surface area contributed by atoms with Gasteiger partial charge in [0, 0.05) is 0 Å². The minimum atomic E-state index is -1.73. The minimum Gasteiger partial charge on any atom is -0.481 e. The zero-order valence-electron chi connectivity index (χ0n) is 14.3. The molecule has 0 aromatic carbocycles. The minimum absolute atomic E-state index is 0.275. The summed E-state index contributed by atoms with van der Waals surface area (Å²) in [6.45, 7) is 0. The molecule has 8 atom stereocenters. The van der Waals surface area contributed by atoms with E-state index in [1.54, 1.807) is 0 Å². The second kappa shape index (κ2) is 6.89. The van der Waals surface area contributed by atoms with Crippen LogP contribution < -0.4 is 0 Å². The van der Waals surface area contributed by atoms with Crippen molar-refractivity contribution >= 4 is 23.9 Å². The van der Waals surface area contributed by atoms with E-state index < -0.39 is 59.4 Å². The Bertz CT molecular complexity index is 575. The molecule has 3 fully saturated rings. The zero-order valence-corrected chi connectivity index (χ0v) is 14.3. The average Bonchev–Trinajstić information content (AvgIpc) is 2.56. The quantitative estimate of drug-likeness (QED) is 0.585. The van der Waals surface area contributed by atoms with Gasteiger partial charge in [0.25, 0.3) is 0 Å². The average molecular weight is 368 g/mol. The van der Waals surface area contributed by atoms with Crippen LogP contribution in [0.1, 0.15) is 38.5 Å². The third-order valence-corrected chi connectivity index (χ3v) is 6.99. The van der Waals surface area contributed by atoms with Gasteiger partial charge in [-0.3, -0.25) is 19.2 Å². The smallest absolute Gasteiger partial charge is 0.308 e. The van der Waals surface area contributed by atoms with Crippen LogP contribution in [0.5, 0.6) is 0 Å². The fourth-order valence-corrected chi connectivity index (χ4v) is 6.05. The predicted octanol–water partition coefficient (Wildman–Crippen LogP) is 1.64. The highest BCUT2D eigenvalue weighted by Crippen LogP contribution is 2.57. The Morgan fingerprint density at radius 2 is 0.846 bits per heavy atom. The summed E-state index contributed by atoms with van der Waals surface area (Å²) in [6, 6.07) is 0. The number of carboxylic acids is 4. The Hall–Kier alpha value is -2.12. The molecule has 3 rings (SSSR count). The van der Waals surface area contributed by atoms with Crippen LogP contribution in [0.2, 0.25) is 0 Å². The molecule has 26 heavy (non-hydrogen) atoms. The molecule has 144 valence electrons. The van der Waals surface area contributed by atoms with E-state index in [0.717, 1.165) is 25.7 Å². The first-order chi connectivity index (χ1) is 12.2. The van der Waals surface area contributed by atoms with Crippen LogP contribution in [-0.4, -0.2) is 44.3 Å². The topological polar surface area (TPSA) is 149 Å². The lowest BCUT2D eigenvalue weighted by atomic mass is 9.49. The van der Waals surface area contributed by atoms with Crippen molar-refractivity contribution in [2.24, 2.45) is 47.3 Å². The molecule has 3 aliphatic rings. The number of aliphatic carboxylic acids is 4. The van der Waals surface area contributed by atoms with Gasteiger partial charge in [-0.15, -0.1) is 0 Å². The van der Waals surface area contributed by atoms with E-state index >= 15 is 0 Å². The molecular weight excluding hydrogens is 344 g/mol. The Kier molecular flexibility index (Phi) is 4.94. The highest BCUT2D eigenvalue weighted by Gasteiger charge is 2.62.